The summed E-state index contributed by atoms with van der Waals surface area (Å²) in [6, 6.07) is 5.54. The molecule has 1 heterocycles. The number of hydrogen-bond acceptors (Lipinski definition) is 2. The number of carboxylic acid groups (broad SMARTS) is 1. The number of nitrogens with two attached hydrogens (primary N) is 1. The standard InChI is InChI=1S/C12H15ClN2O2/c13-10-6-8(3-4-11(10)14)9-2-1-5-15(7-9)12(16)17/h3-4,6,9H,1-2,5,7,14H2,(H,16,17). The number of amides is 1. The van der Waals surface area contributed by atoms with E-state index in [0.717, 1.165) is 18.4 Å². The summed E-state index contributed by atoms with van der Waals surface area (Å²) >= 11 is 5.98. The zero-order chi connectivity index (χ0) is 12.4. The Hall–Kier alpha value is -1.42. The first-order chi connectivity index (χ1) is 8.08. The quantitative estimate of drug-likeness (QED) is 0.758. The first-order valence-corrected chi connectivity index (χ1v) is 5.98. The van der Waals surface area contributed by atoms with Crippen molar-refractivity contribution < 1.29 is 9.90 Å². The second-order valence-electron chi connectivity index (χ2n) is 4.35. The normalized spacial score (nSPS) is 20.3. The van der Waals surface area contributed by atoms with E-state index < -0.39 is 6.09 Å². The van der Waals surface area contributed by atoms with E-state index in [-0.39, 0.29) is 5.92 Å². The van der Waals surface area contributed by atoms with Gasteiger partial charge in [0.15, 0.2) is 0 Å². The molecule has 5 heteroatoms. The van der Waals surface area contributed by atoms with Gasteiger partial charge in [-0.1, -0.05) is 17.7 Å². The number of rotatable bonds is 1. The van der Waals surface area contributed by atoms with Crippen LogP contribution in [0.2, 0.25) is 5.02 Å². The zero-order valence-electron chi connectivity index (χ0n) is 9.40. The Morgan fingerprint density at radius 2 is 2.29 bits per heavy atom. The van der Waals surface area contributed by atoms with Crippen LogP contribution in [-0.2, 0) is 0 Å². The first kappa shape index (κ1) is 12.0. The van der Waals surface area contributed by atoms with Gasteiger partial charge in [-0.05, 0) is 30.5 Å². The van der Waals surface area contributed by atoms with E-state index in [9.17, 15) is 4.79 Å². The summed E-state index contributed by atoms with van der Waals surface area (Å²) in [6.45, 7) is 1.16. The number of nitrogens with zero attached hydrogens (tertiary/aromatic N) is 1. The smallest absolute Gasteiger partial charge is 0.407 e. The van der Waals surface area contributed by atoms with E-state index >= 15 is 0 Å². The minimum atomic E-state index is -0.851. The highest BCUT2D eigenvalue weighted by Gasteiger charge is 2.24. The molecule has 0 saturated carbocycles. The maximum atomic E-state index is 10.9. The largest absolute Gasteiger partial charge is 0.465 e. The van der Waals surface area contributed by atoms with Gasteiger partial charge in [0.25, 0.3) is 0 Å². The summed E-state index contributed by atoms with van der Waals surface area (Å²) in [6.07, 6.45) is 1.03. The molecular formula is C12H15ClN2O2. The van der Waals surface area contributed by atoms with Crippen molar-refractivity contribution >= 4 is 23.4 Å². The lowest BCUT2D eigenvalue weighted by atomic mass is 9.91. The predicted octanol–water partition coefficient (Wildman–Crippen LogP) is 2.78. The number of benzene rings is 1. The van der Waals surface area contributed by atoms with E-state index in [1.54, 1.807) is 6.07 Å². The molecule has 1 amide bonds. The highest BCUT2D eigenvalue weighted by atomic mass is 35.5. The number of hydrogen-bond donors (Lipinski definition) is 2. The molecule has 0 aromatic heterocycles. The molecule has 1 aromatic rings. The van der Waals surface area contributed by atoms with Crippen LogP contribution < -0.4 is 5.73 Å². The molecular weight excluding hydrogens is 240 g/mol. The van der Waals surface area contributed by atoms with Crippen LogP contribution in [0.1, 0.15) is 24.3 Å². The van der Waals surface area contributed by atoms with Crippen LogP contribution in [0.25, 0.3) is 0 Å². The van der Waals surface area contributed by atoms with Crippen molar-refractivity contribution in [1.29, 1.82) is 0 Å². The molecule has 3 N–H and O–H groups in total. The van der Waals surface area contributed by atoms with Gasteiger partial charge < -0.3 is 15.7 Å². The number of nitrogen functional groups attached to an aromatic ring is 1. The fraction of sp³-hybridized carbons (Fsp3) is 0.417. The van der Waals surface area contributed by atoms with Gasteiger partial charge in [0.1, 0.15) is 0 Å². The Kier molecular flexibility index (Phi) is 3.43. The van der Waals surface area contributed by atoms with E-state index in [4.69, 9.17) is 22.4 Å². The van der Waals surface area contributed by atoms with Crippen molar-refractivity contribution in [2.75, 3.05) is 18.8 Å². The fourth-order valence-corrected chi connectivity index (χ4v) is 2.41. The third kappa shape index (κ3) is 2.64. The van der Waals surface area contributed by atoms with Gasteiger partial charge >= 0.3 is 6.09 Å². The summed E-state index contributed by atoms with van der Waals surface area (Å²) < 4.78 is 0. The summed E-state index contributed by atoms with van der Waals surface area (Å²) in [5.74, 6) is 0.220. The maximum Gasteiger partial charge on any atom is 0.407 e. The highest BCUT2D eigenvalue weighted by Crippen LogP contribution is 2.30. The lowest BCUT2D eigenvalue weighted by molar-refractivity contribution is 0.130. The summed E-state index contributed by atoms with van der Waals surface area (Å²) in [4.78, 5) is 12.4. The molecule has 0 bridgehead atoms. The average Bonchev–Trinajstić information content (AvgIpc) is 2.33. The van der Waals surface area contributed by atoms with Gasteiger partial charge in [-0.25, -0.2) is 4.79 Å². The number of piperidine rings is 1. The van der Waals surface area contributed by atoms with Crippen LogP contribution in [0.15, 0.2) is 18.2 Å². The van der Waals surface area contributed by atoms with Gasteiger partial charge in [-0.3, -0.25) is 0 Å². The predicted molar refractivity (Wildman–Crippen MR) is 67.4 cm³/mol. The van der Waals surface area contributed by atoms with Gasteiger partial charge in [-0.15, -0.1) is 0 Å². The van der Waals surface area contributed by atoms with Crippen molar-refractivity contribution in [2.24, 2.45) is 0 Å². The molecule has 0 aliphatic carbocycles. The lowest BCUT2D eigenvalue weighted by Gasteiger charge is -2.31. The molecule has 1 unspecified atom stereocenters. The Morgan fingerprint density at radius 3 is 2.94 bits per heavy atom. The second kappa shape index (κ2) is 4.84. The van der Waals surface area contributed by atoms with Crippen LogP contribution in [0, 0.1) is 0 Å². The van der Waals surface area contributed by atoms with Crippen molar-refractivity contribution in [3.05, 3.63) is 28.8 Å². The molecule has 1 saturated heterocycles. The molecule has 1 fully saturated rings. The van der Waals surface area contributed by atoms with Crippen LogP contribution in [-0.4, -0.2) is 29.2 Å². The van der Waals surface area contributed by atoms with E-state index in [1.807, 2.05) is 12.1 Å². The summed E-state index contributed by atoms with van der Waals surface area (Å²) in [7, 11) is 0. The topological polar surface area (TPSA) is 66.6 Å². The molecule has 1 aromatic carbocycles. The maximum absolute atomic E-state index is 10.9. The minimum Gasteiger partial charge on any atom is -0.465 e. The van der Waals surface area contributed by atoms with Crippen molar-refractivity contribution in [1.82, 2.24) is 4.90 Å². The highest BCUT2D eigenvalue weighted by molar-refractivity contribution is 6.33. The number of carbonyl (C=O) groups is 1. The zero-order valence-corrected chi connectivity index (χ0v) is 10.2. The Morgan fingerprint density at radius 1 is 1.53 bits per heavy atom. The van der Waals surface area contributed by atoms with Gasteiger partial charge in [0.05, 0.1) is 10.7 Å². The first-order valence-electron chi connectivity index (χ1n) is 5.60. The van der Waals surface area contributed by atoms with Crippen LogP contribution in [0.5, 0.6) is 0 Å². The van der Waals surface area contributed by atoms with Gasteiger partial charge in [0, 0.05) is 19.0 Å². The third-order valence-corrected chi connectivity index (χ3v) is 3.52. The SMILES string of the molecule is Nc1ccc(C2CCCN(C(=O)O)C2)cc1Cl. The third-order valence-electron chi connectivity index (χ3n) is 3.19. The van der Waals surface area contributed by atoms with Crippen LogP contribution in [0.4, 0.5) is 10.5 Å². The molecule has 92 valence electrons. The summed E-state index contributed by atoms with van der Waals surface area (Å²) in [5, 5.41) is 9.52. The van der Waals surface area contributed by atoms with Crippen molar-refractivity contribution in [2.45, 2.75) is 18.8 Å². The van der Waals surface area contributed by atoms with E-state index in [2.05, 4.69) is 0 Å². The number of halogens is 1. The lowest BCUT2D eigenvalue weighted by Crippen LogP contribution is -2.38. The Bertz CT molecular complexity index is 437. The van der Waals surface area contributed by atoms with E-state index in [1.165, 1.54) is 4.90 Å². The van der Waals surface area contributed by atoms with E-state index in [0.29, 0.717) is 23.8 Å². The molecule has 1 atom stereocenters. The molecule has 1 aliphatic rings. The fourth-order valence-electron chi connectivity index (χ4n) is 2.22. The molecule has 0 radical (unpaired) electrons. The van der Waals surface area contributed by atoms with Gasteiger partial charge in [-0.2, -0.15) is 0 Å². The number of likely N-dealkylation sites (tertiary alicyclic amines) is 1. The Labute approximate surface area is 105 Å². The molecule has 17 heavy (non-hydrogen) atoms. The molecule has 1 aliphatic heterocycles. The second-order valence-corrected chi connectivity index (χ2v) is 4.76. The molecule has 4 nitrogen and oxygen atoms in total. The summed E-state index contributed by atoms with van der Waals surface area (Å²) in [5.41, 5.74) is 7.28. The van der Waals surface area contributed by atoms with Crippen LogP contribution >= 0.6 is 11.6 Å². The van der Waals surface area contributed by atoms with Crippen molar-refractivity contribution in [3.8, 4) is 0 Å². The van der Waals surface area contributed by atoms with Gasteiger partial charge in [0.2, 0.25) is 0 Å². The monoisotopic (exact) mass is 254 g/mol. The Balaban J connectivity index is 2.16. The average molecular weight is 255 g/mol. The van der Waals surface area contributed by atoms with Crippen molar-refractivity contribution in [3.63, 3.8) is 0 Å². The van der Waals surface area contributed by atoms with Crippen LogP contribution in [0.3, 0.4) is 0 Å². The molecule has 0 spiro atoms. The minimum absolute atomic E-state index is 0.220. The molecule has 2 rings (SSSR count). The number of anilines is 1.